The van der Waals surface area contributed by atoms with E-state index in [9.17, 15) is 19.5 Å². The molecular weight excluding hydrogens is 362 g/mol. The lowest BCUT2D eigenvalue weighted by Gasteiger charge is -2.43. The zero-order valence-corrected chi connectivity index (χ0v) is 15.5. The fourth-order valence-electron chi connectivity index (χ4n) is 3.43. The molecule has 142 valence electrons. The number of ether oxygens (including phenoxy) is 1. The number of thioether (sulfide) groups is 1. The predicted molar refractivity (Wildman–Crippen MR) is 93.6 cm³/mol. The first kappa shape index (κ1) is 18.7. The van der Waals surface area contributed by atoms with Crippen LogP contribution in [0.3, 0.4) is 0 Å². The van der Waals surface area contributed by atoms with Crippen molar-refractivity contribution in [3.05, 3.63) is 11.6 Å². The van der Waals surface area contributed by atoms with Gasteiger partial charge in [0, 0.05) is 4.75 Å². The Morgan fingerprint density at radius 2 is 2.23 bits per heavy atom. The quantitative estimate of drug-likeness (QED) is 0.389. The summed E-state index contributed by atoms with van der Waals surface area (Å²) in [7, 11) is 1.34. The van der Waals surface area contributed by atoms with Crippen LogP contribution in [0.25, 0.3) is 0 Å². The van der Waals surface area contributed by atoms with Crippen LogP contribution < -0.4 is 5.32 Å². The largest absolute Gasteiger partial charge is 0.480 e. The number of carbonyl (C=O) groups excluding carboxylic acids is 2. The van der Waals surface area contributed by atoms with Crippen LogP contribution in [0.1, 0.15) is 20.3 Å². The van der Waals surface area contributed by atoms with E-state index in [1.807, 2.05) is 0 Å². The molecule has 0 radical (unpaired) electrons. The SMILES string of the molecule is CO/N=C(\C(=O)N[C@@H]1C(=O)N2[C@@H]1SC(C)(C)[C@@H]2C(=O)O)C1=CCOCC1. The van der Waals surface area contributed by atoms with E-state index in [1.54, 1.807) is 19.9 Å². The van der Waals surface area contributed by atoms with Crippen LogP contribution >= 0.6 is 11.8 Å². The molecule has 0 unspecified atom stereocenters. The summed E-state index contributed by atoms with van der Waals surface area (Å²) >= 11 is 1.37. The number of carbonyl (C=O) groups is 3. The van der Waals surface area contributed by atoms with Crippen LogP contribution in [0.4, 0.5) is 0 Å². The zero-order chi connectivity index (χ0) is 19.1. The predicted octanol–water partition coefficient (Wildman–Crippen LogP) is -0.0328. The number of hydrogen-bond acceptors (Lipinski definition) is 7. The minimum atomic E-state index is -1.04. The topological polar surface area (TPSA) is 118 Å². The van der Waals surface area contributed by atoms with Crippen molar-refractivity contribution >= 4 is 35.3 Å². The van der Waals surface area contributed by atoms with Crippen molar-refractivity contribution in [2.75, 3.05) is 20.3 Å². The van der Waals surface area contributed by atoms with Crippen LogP contribution in [0.15, 0.2) is 16.8 Å². The molecular formula is C16H21N3O6S. The lowest BCUT2D eigenvalue weighted by molar-refractivity contribution is -0.160. The van der Waals surface area contributed by atoms with Crippen LogP contribution in [0.5, 0.6) is 0 Å². The number of rotatable bonds is 5. The van der Waals surface area contributed by atoms with E-state index >= 15 is 0 Å². The third kappa shape index (κ3) is 3.07. The average Bonchev–Trinajstić information content (AvgIpc) is 2.86. The Labute approximate surface area is 154 Å². The number of amides is 2. The first-order valence-electron chi connectivity index (χ1n) is 8.20. The fraction of sp³-hybridized carbons (Fsp3) is 0.625. The molecule has 2 saturated heterocycles. The molecule has 0 bridgehead atoms. The number of carboxylic acid groups (broad SMARTS) is 1. The highest BCUT2D eigenvalue weighted by Crippen LogP contribution is 2.50. The molecule has 2 fully saturated rings. The molecule has 2 amide bonds. The smallest absolute Gasteiger partial charge is 0.327 e. The number of oxime groups is 1. The van der Waals surface area contributed by atoms with Gasteiger partial charge in [0.1, 0.15) is 24.6 Å². The van der Waals surface area contributed by atoms with E-state index in [-0.39, 0.29) is 5.71 Å². The summed E-state index contributed by atoms with van der Waals surface area (Å²) in [4.78, 5) is 42.8. The fourth-order valence-corrected chi connectivity index (χ4v) is 5.06. The number of fused-ring (bicyclic) bond motifs is 1. The van der Waals surface area contributed by atoms with Gasteiger partial charge in [-0.1, -0.05) is 11.2 Å². The normalized spacial score (nSPS) is 30.2. The van der Waals surface area contributed by atoms with Crippen LogP contribution in [-0.4, -0.2) is 76.0 Å². The van der Waals surface area contributed by atoms with Gasteiger partial charge in [0.15, 0.2) is 5.71 Å². The molecule has 0 aliphatic carbocycles. The minimum Gasteiger partial charge on any atom is -0.480 e. The number of aliphatic carboxylic acids is 1. The molecule has 0 aromatic heterocycles. The molecule has 10 heteroatoms. The van der Waals surface area contributed by atoms with Crippen molar-refractivity contribution in [2.45, 2.75) is 42.5 Å². The maximum Gasteiger partial charge on any atom is 0.327 e. The van der Waals surface area contributed by atoms with Gasteiger partial charge < -0.3 is 24.9 Å². The maximum absolute atomic E-state index is 12.6. The lowest BCUT2D eigenvalue weighted by Crippen LogP contribution is -2.71. The molecule has 3 aliphatic heterocycles. The van der Waals surface area contributed by atoms with Gasteiger partial charge in [0.2, 0.25) is 5.91 Å². The van der Waals surface area contributed by atoms with E-state index in [0.717, 1.165) is 0 Å². The van der Waals surface area contributed by atoms with E-state index < -0.39 is 40.0 Å². The Balaban J connectivity index is 1.74. The number of nitrogens with zero attached hydrogens (tertiary/aromatic N) is 2. The second-order valence-corrected chi connectivity index (χ2v) is 8.50. The zero-order valence-electron chi connectivity index (χ0n) is 14.7. The molecule has 26 heavy (non-hydrogen) atoms. The van der Waals surface area contributed by atoms with Gasteiger partial charge in [-0.25, -0.2) is 4.79 Å². The third-order valence-corrected chi connectivity index (χ3v) is 6.20. The van der Waals surface area contributed by atoms with Gasteiger partial charge in [-0.3, -0.25) is 9.59 Å². The first-order chi connectivity index (χ1) is 12.3. The highest BCUT2D eigenvalue weighted by molar-refractivity contribution is 8.01. The monoisotopic (exact) mass is 383 g/mol. The summed E-state index contributed by atoms with van der Waals surface area (Å²) in [5.41, 5.74) is 0.807. The van der Waals surface area contributed by atoms with Crippen molar-refractivity contribution < 1.29 is 29.1 Å². The highest BCUT2D eigenvalue weighted by Gasteiger charge is 2.64. The molecule has 0 aromatic rings. The summed E-state index contributed by atoms with van der Waals surface area (Å²) in [6.45, 7) is 4.43. The Hall–Kier alpha value is -2.07. The van der Waals surface area contributed by atoms with Crippen molar-refractivity contribution in [1.82, 2.24) is 10.2 Å². The van der Waals surface area contributed by atoms with Crippen molar-refractivity contribution in [1.29, 1.82) is 0 Å². The lowest BCUT2D eigenvalue weighted by atomic mass is 9.95. The van der Waals surface area contributed by atoms with Gasteiger partial charge in [0.05, 0.1) is 13.2 Å². The maximum atomic E-state index is 12.6. The van der Waals surface area contributed by atoms with Crippen molar-refractivity contribution in [3.63, 3.8) is 0 Å². The number of β-lactam (4-membered cyclic amide) rings is 1. The van der Waals surface area contributed by atoms with Crippen LogP contribution in [-0.2, 0) is 24.0 Å². The Kier molecular flexibility index (Phi) is 4.98. The third-order valence-electron chi connectivity index (χ3n) is 4.63. The van der Waals surface area contributed by atoms with Gasteiger partial charge in [0.25, 0.3) is 5.91 Å². The van der Waals surface area contributed by atoms with Crippen molar-refractivity contribution in [2.24, 2.45) is 5.16 Å². The van der Waals surface area contributed by atoms with E-state index in [1.165, 1.54) is 23.8 Å². The molecule has 3 heterocycles. The van der Waals surface area contributed by atoms with Crippen LogP contribution in [0.2, 0.25) is 0 Å². The number of nitrogens with one attached hydrogen (secondary N) is 1. The van der Waals surface area contributed by atoms with Gasteiger partial charge >= 0.3 is 5.97 Å². The number of carboxylic acids is 1. The average molecular weight is 383 g/mol. The first-order valence-corrected chi connectivity index (χ1v) is 9.08. The second kappa shape index (κ2) is 6.92. The molecule has 2 N–H and O–H groups in total. The summed E-state index contributed by atoms with van der Waals surface area (Å²) in [6, 6.07) is -1.69. The molecule has 0 aromatic carbocycles. The molecule has 9 nitrogen and oxygen atoms in total. The summed E-state index contributed by atoms with van der Waals surface area (Å²) in [6.07, 6.45) is 2.27. The minimum absolute atomic E-state index is 0.110. The molecule has 0 saturated carbocycles. The van der Waals surface area contributed by atoms with Crippen molar-refractivity contribution in [3.8, 4) is 0 Å². The van der Waals surface area contributed by atoms with Crippen LogP contribution in [0, 0.1) is 0 Å². The summed E-state index contributed by atoms with van der Waals surface area (Å²) < 4.78 is 4.59. The Morgan fingerprint density at radius 1 is 1.50 bits per heavy atom. The highest BCUT2D eigenvalue weighted by atomic mass is 32.2. The molecule has 3 rings (SSSR count). The van der Waals surface area contributed by atoms with Gasteiger partial charge in [-0.05, 0) is 25.8 Å². The van der Waals surface area contributed by atoms with E-state index in [2.05, 4.69) is 10.5 Å². The molecule has 3 atom stereocenters. The molecule has 0 spiro atoms. The summed E-state index contributed by atoms with van der Waals surface area (Å²) in [5, 5.41) is 15.5. The second-order valence-electron chi connectivity index (χ2n) is 6.73. The number of hydrogen-bond donors (Lipinski definition) is 2. The Morgan fingerprint density at radius 3 is 2.81 bits per heavy atom. The van der Waals surface area contributed by atoms with E-state index in [4.69, 9.17) is 9.57 Å². The van der Waals surface area contributed by atoms with E-state index in [0.29, 0.717) is 25.2 Å². The van der Waals surface area contributed by atoms with Gasteiger partial charge in [-0.2, -0.15) is 0 Å². The molecule has 3 aliphatic rings. The van der Waals surface area contributed by atoms with Gasteiger partial charge in [-0.15, -0.1) is 11.8 Å². The standard InChI is InChI=1S/C16H21N3O6S/c1-16(2)11(15(22)23)19-13(21)10(14(19)26-16)17-12(20)9(18-24-3)8-4-6-25-7-5-8/h4,10-11,14H,5-7H2,1-3H3,(H,17,20)(H,22,23)/b18-9-/t10-,11+,14-/m1/s1. The summed E-state index contributed by atoms with van der Waals surface area (Å²) in [5.74, 6) is -1.96. The Bertz CT molecular complexity index is 704.